The maximum atomic E-state index is 5.84. The zero-order valence-electron chi connectivity index (χ0n) is 7.46. The fourth-order valence-corrected chi connectivity index (χ4v) is 1.45. The number of ether oxygens (including phenoxy) is 1. The van der Waals surface area contributed by atoms with Crippen molar-refractivity contribution in [2.75, 3.05) is 19.5 Å². The molecule has 0 aliphatic rings. The predicted octanol–water partition coefficient (Wildman–Crippen LogP) is 1.68. The second-order valence-electron chi connectivity index (χ2n) is 2.84. The van der Waals surface area contributed by atoms with Crippen LogP contribution < -0.4 is 11.5 Å². The number of halogens is 1. The molecule has 3 nitrogen and oxygen atoms in total. The third-order valence-corrected chi connectivity index (χ3v) is 2.49. The summed E-state index contributed by atoms with van der Waals surface area (Å²) in [5, 5.41) is 0. The molecule has 0 saturated carbocycles. The van der Waals surface area contributed by atoms with Crippen LogP contribution >= 0.6 is 15.9 Å². The highest BCUT2D eigenvalue weighted by Gasteiger charge is 2.06. The lowest BCUT2D eigenvalue weighted by atomic mass is 10.1. The van der Waals surface area contributed by atoms with Gasteiger partial charge in [0.05, 0.1) is 12.6 Å². The molecule has 0 amide bonds. The van der Waals surface area contributed by atoms with Crippen LogP contribution in [0.2, 0.25) is 0 Å². The predicted molar refractivity (Wildman–Crippen MR) is 57.4 cm³/mol. The molecule has 0 heterocycles. The molecule has 1 atom stereocenters. The van der Waals surface area contributed by atoms with Crippen LogP contribution in [0.1, 0.15) is 11.6 Å². The number of rotatable bonds is 3. The standard InChI is InChI=1S/C9H13BrN2O/c1-13-5-9(12)6-2-3-8(11)7(10)4-6/h2-4,9H,5,11-12H2,1H3/t9-/m0/s1. The lowest BCUT2D eigenvalue weighted by molar-refractivity contribution is 0.181. The number of benzene rings is 1. The fraction of sp³-hybridized carbons (Fsp3) is 0.333. The minimum absolute atomic E-state index is 0.0955. The summed E-state index contributed by atoms with van der Waals surface area (Å²) in [6, 6.07) is 5.56. The van der Waals surface area contributed by atoms with E-state index in [4.69, 9.17) is 16.2 Å². The Bertz CT molecular complexity index is 291. The van der Waals surface area contributed by atoms with Crippen LogP contribution in [0.4, 0.5) is 5.69 Å². The molecule has 0 fully saturated rings. The molecule has 0 spiro atoms. The van der Waals surface area contributed by atoms with Crippen LogP contribution in [0.5, 0.6) is 0 Å². The number of nitrogens with two attached hydrogens (primary N) is 2. The third kappa shape index (κ3) is 2.69. The largest absolute Gasteiger partial charge is 0.398 e. The topological polar surface area (TPSA) is 61.3 Å². The Morgan fingerprint density at radius 3 is 2.77 bits per heavy atom. The van der Waals surface area contributed by atoms with Gasteiger partial charge in [0.15, 0.2) is 0 Å². The van der Waals surface area contributed by atoms with E-state index >= 15 is 0 Å². The molecule has 0 radical (unpaired) electrons. The summed E-state index contributed by atoms with van der Waals surface area (Å²) in [5.41, 5.74) is 13.2. The van der Waals surface area contributed by atoms with E-state index in [2.05, 4.69) is 15.9 Å². The summed E-state index contributed by atoms with van der Waals surface area (Å²) >= 11 is 3.34. The number of nitrogen functional groups attached to an aromatic ring is 1. The second-order valence-corrected chi connectivity index (χ2v) is 3.70. The maximum absolute atomic E-state index is 5.84. The van der Waals surface area contributed by atoms with Crippen LogP contribution in [0.3, 0.4) is 0 Å². The second kappa shape index (κ2) is 4.60. The zero-order chi connectivity index (χ0) is 9.84. The highest BCUT2D eigenvalue weighted by molar-refractivity contribution is 9.10. The van der Waals surface area contributed by atoms with Gasteiger partial charge in [-0.3, -0.25) is 0 Å². The molecule has 1 rings (SSSR count). The first kappa shape index (κ1) is 10.5. The molecule has 13 heavy (non-hydrogen) atoms. The molecule has 0 aromatic heterocycles. The van der Waals surface area contributed by atoms with E-state index in [0.29, 0.717) is 12.3 Å². The van der Waals surface area contributed by atoms with Crippen LogP contribution in [-0.2, 0) is 4.74 Å². The van der Waals surface area contributed by atoms with Gasteiger partial charge in [-0.15, -0.1) is 0 Å². The monoisotopic (exact) mass is 244 g/mol. The molecule has 4 heteroatoms. The lowest BCUT2D eigenvalue weighted by Gasteiger charge is -2.11. The Morgan fingerprint density at radius 1 is 1.54 bits per heavy atom. The molecule has 4 N–H and O–H groups in total. The molecular formula is C9H13BrN2O. The van der Waals surface area contributed by atoms with Crippen molar-refractivity contribution in [3.63, 3.8) is 0 Å². The van der Waals surface area contributed by atoms with E-state index < -0.39 is 0 Å². The average Bonchev–Trinajstić information content (AvgIpc) is 2.10. The Morgan fingerprint density at radius 2 is 2.23 bits per heavy atom. The van der Waals surface area contributed by atoms with Crippen molar-refractivity contribution in [2.45, 2.75) is 6.04 Å². The minimum atomic E-state index is -0.0955. The first-order chi connectivity index (χ1) is 6.15. The number of anilines is 1. The molecular weight excluding hydrogens is 232 g/mol. The minimum Gasteiger partial charge on any atom is -0.398 e. The quantitative estimate of drug-likeness (QED) is 0.796. The highest BCUT2D eigenvalue weighted by atomic mass is 79.9. The van der Waals surface area contributed by atoms with Crippen LogP contribution in [0, 0.1) is 0 Å². The van der Waals surface area contributed by atoms with Crippen molar-refractivity contribution in [3.05, 3.63) is 28.2 Å². The van der Waals surface area contributed by atoms with E-state index in [-0.39, 0.29) is 6.04 Å². The lowest BCUT2D eigenvalue weighted by Crippen LogP contribution is -2.16. The number of methoxy groups -OCH3 is 1. The maximum Gasteiger partial charge on any atom is 0.0655 e. The van der Waals surface area contributed by atoms with Crippen molar-refractivity contribution >= 4 is 21.6 Å². The molecule has 0 aliphatic carbocycles. The number of hydrogen-bond donors (Lipinski definition) is 2. The van der Waals surface area contributed by atoms with Crippen molar-refractivity contribution in [3.8, 4) is 0 Å². The molecule has 1 aromatic rings. The van der Waals surface area contributed by atoms with Crippen molar-refractivity contribution in [1.82, 2.24) is 0 Å². The molecule has 0 saturated heterocycles. The van der Waals surface area contributed by atoms with E-state index in [1.807, 2.05) is 18.2 Å². The SMILES string of the molecule is COC[C@H](N)c1ccc(N)c(Br)c1. The summed E-state index contributed by atoms with van der Waals surface area (Å²) in [5.74, 6) is 0. The van der Waals surface area contributed by atoms with Gasteiger partial charge in [-0.2, -0.15) is 0 Å². The van der Waals surface area contributed by atoms with Gasteiger partial charge in [-0.25, -0.2) is 0 Å². The summed E-state index contributed by atoms with van der Waals surface area (Å²) in [6.07, 6.45) is 0. The molecule has 0 bridgehead atoms. The molecule has 0 unspecified atom stereocenters. The normalized spacial score (nSPS) is 12.8. The summed E-state index contributed by atoms with van der Waals surface area (Å²) in [7, 11) is 1.63. The first-order valence-corrected chi connectivity index (χ1v) is 4.74. The van der Waals surface area contributed by atoms with Gasteiger partial charge in [0.1, 0.15) is 0 Å². The average molecular weight is 245 g/mol. The Kier molecular flexibility index (Phi) is 3.71. The summed E-state index contributed by atoms with van der Waals surface area (Å²) in [4.78, 5) is 0. The molecule has 1 aromatic carbocycles. The van der Waals surface area contributed by atoms with Gasteiger partial charge >= 0.3 is 0 Å². The van der Waals surface area contributed by atoms with Crippen molar-refractivity contribution in [2.24, 2.45) is 5.73 Å². The zero-order valence-corrected chi connectivity index (χ0v) is 9.04. The van der Waals surface area contributed by atoms with E-state index in [1.54, 1.807) is 7.11 Å². The van der Waals surface area contributed by atoms with Gasteiger partial charge in [-0.1, -0.05) is 6.07 Å². The summed E-state index contributed by atoms with van der Waals surface area (Å²) < 4.78 is 5.83. The van der Waals surface area contributed by atoms with Crippen LogP contribution in [0.15, 0.2) is 22.7 Å². The molecule has 72 valence electrons. The Balaban J connectivity index is 2.84. The van der Waals surface area contributed by atoms with Gasteiger partial charge < -0.3 is 16.2 Å². The summed E-state index contributed by atoms with van der Waals surface area (Å²) in [6.45, 7) is 0.510. The molecule has 0 aliphatic heterocycles. The van der Waals surface area contributed by atoms with Gasteiger partial charge in [0.2, 0.25) is 0 Å². The van der Waals surface area contributed by atoms with Crippen molar-refractivity contribution < 1.29 is 4.74 Å². The third-order valence-electron chi connectivity index (χ3n) is 1.80. The van der Waals surface area contributed by atoms with E-state index in [1.165, 1.54) is 0 Å². The highest BCUT2D eigenvalue weighted by Crippen LogP contribution is 2.23. The van der Waals surface area contributed by atoms with Crippen LogP contribution in [0.25, 0.3) is 0 Å². The van der Waals surface area contributed by atoms with E-state index in [9.17, 15) is 0 Å². The van der Waals surface area contributed by atoms with E-state index in [0.717, 1.165) is 10.0 Å². The smallest absolute Gasteiger partial charge is 0.0655 e. The number of hydrogen-bond acceptors (Lipinski definition) is 3. The first-order valence-electron chi connectivity index (χ1n) is 3.94. The Labute approximate surface area is 86.2 Å². The van der Waals surface area contributed by atoms with Gasteiger partial charge in [0, 0.05) is 17.3 Å². The van der Waals surface area contributed by atoms with Gasteiger partial charge in [-0.05, 0) is 33.6 Å². The van der Waals surface area contributed by atoms with Crippen LogP contribution in [-0.4, -0.2) is 13.7 Å². The fourth-order valence-electron chi connectivity index (χ4n) is 1.05. The van der Waals surface area contributed by atoms with Crippen molar-refractivity contribution in [1.29, 1.82) is 0 Å². The van der Waals surface area contributed by atoms with Gasteiger partial charge in [0.25, 0.3) is 0 Å². The Hall–Kier alpha value is -0.580.